The molecule has 0 unspecified atom stereocenters. The van der Waals surface area contributed by atoms with Crippen molar-refractivity contribution in [3.8, 4) is 11.5 Å². The number of carboxylic acid groups (broad SMARTS) is 1. The van der Waals surface area contributed by atoms with Gasteiger partial charge in [0.25, 0.3) is 0 Å². The highest BCUT2D eigenvalue weighted by Gasteiger charge is 2.28. The molecule has 3 aromatic rings. The zero-order chi connectivity index (χ0) is 24.2. The summed E-state index contributed by atoms with van der Waals surface area (Å²) in [6.07, 6.45) is 3.05. The van der Waals surface area contributed by atoms with Crippen molar-refractivity contribution in [1.29, 1.82) is 0 Å². The molecule has 1 aliphatic rings. The summed E-state index contributed by atoms with van der Waals surface area (Å²) in [5, 5.41) is 10.8. The van der Waals surface area contributed by atoms with Crippen molar-refractivity contribution in [1.82, 2.24) is 9.88 Å². The van der Waals surface area contributed by atoms with Crippen LogP contribution < -0.4 is 9.47 Å². The second kappa shape index (κ2) is 11.6. The van der Waals surface area contributed by atoms with Crippen molar-refractivity contribution in [2.45, 2.75) is 33.7 Å². The van der Waals surface area contributed by atoms with E-state index in [4.69, 9.17) is 14.5 Å². The van der Waals surface area contributed by atoms with E-state index in [1.165, 1.54) is 0 Å². The van der Waals surface area contributed by atoms with Gasteiger partial charge in [-0.15, -0.1) is 12.4 Å². The summed E-state index contributed by atoms with van der Waals surface area (Å²) in [7, 11) is 1.64. The summed E-state index contributed by atoms with van der Waals surface area (Å²) in [4.78, 5) is 19.4. The normalized spacial score (nSPS) is 14.6. The van der Waals surface area contributed by atoms with Crippen LogP contribution in [0.5, 0.6) is 11.5 Å². The van der Waals surface area contributed by atoms with Crippen LogP contribution in [0.25, 0.3) is 22.6 Å². The quantitative estimate of drug-likeness (QED) is 0.402. The third kappa shape index (κ3) is 5.77. The highest BCUT2D eigenvalue weighted by molar-refractivity contribution is 6.06. The first-order chi connectivity index (χ1) is 16.4. The number of methoxy groups -OCH3 is 1. The number of para-hydroxylation sites is 1. The lowest BCUT2D eigenvalue weighted by Gasteiger charge is -2.30. The topological polar surface area (TPSA) is 71.9 Å². The van der Waals surface area contributed by atoms with Crippen molar-refractivity contribution in [2.24, 2.45) is 5.92 Å². The van der Waals surface area contributed by atoms with E-state index >= 15 is 0 Å². The van der Waals surface area contributed by atoms with Gasteiger partial charge in [-0.2, -0.15) is 0 Å². The van der Waals surface area contributed by atoms with E-state index in [-0.39, 0.29) is 12.4 Å². The number of carboxylic acids is 1. The summed E-state index contributed by atoms with van der Waals surface area (Å²) in [5.41, 5.74) is 4.52. The Morgan fingerprint density at radius 3 is 2.63 bits per heavy atom. The summed E-state index contributed by atoms with van der Waals surface area (Å²) in [6, 6.07) is 13.4. The third-order valence-corrected chi connectivity index (χ3v) is 6.22. The van der Waals surface area contributed by atoms with Gasteiger partial charge in [-0.25, -0.2) is 9.78 Å². The second-order valence-electron chi connectivity index (χ2n) is 9.05. The zero-order valence-electron chi connectivity index (χ0n) is 20.7. The number of aromatic nitrogens is 1. The van der Waals surface area contributed by atoms with Crippen LogP contribution in [0.4, 0.5) is 0 Å². The molecule has 7 heteroatoms. The number of nitrogens with zero attached hydrogens (tertiary/aromatic N) is 2. The minimum absolute atomic E-state index is 0. The predicted octanol–water partition coefficient (Wildman–Crippen LogP) is 6.16. The van der Waals surface area contributed by atoms with Gasteiger partial charge >= 0.3 is 5.97 Å². The van der Waals surface area contributed by atoms with Gasteiger partial charge in [0.2, 0.25) is 0 Å². The average molecular weight is 497 g/mol. The Hall–Kier alpha value is -3.09. The van der Waals surface area contributed by atoms with Crippen LogP contribution in [0.15, 0.2) is 42.5 Å². The van der Waals surface area contributed by atoms with E-state index in [0.717, 1.165) is 41.1 Å². The first-order valence-electron chi connectivity index (χ1n) is 11.8. The maximum atomic E-state index is 12.3. The number of fused-ring (bicyclic) bond motifs is 2. The minimum atomic E-state index is -0.920. The number of hydrogen-bond donors (Lipinski definition) is 1. The predicted molar refractivity (Wildman–Crippen MR) is 143 cm³/mol. The first kappa shape index (κ1) is 26.5. The summed E-state index contributed by atoms with van der Waals surface area (Å²) >= 11 is 0. The summed E-state index contributed by atoms with van der Waals surface area (Å²) in [6.45, 7) is 9.15. The number of carbonyl (C=O) groups is 1. The van der Waals surface area contributed by atoms with Crippen LogP contribution in [0, 0.1) is 5.92 Å². The van der Waals surface area contributed by atoms with Gasteiger partial charge in [-0.1, -0.05) is 45.0 Å². The Balaban J connectivity index is 0.00000342. The fourth-order valence-electron chi connectivity index (χ4n) is 4.35. The van der Waals surface area contributed by atoms with Crippen LogP contribution in [-0.4, -0.2) is 47.8 Å². The highest BCUT2D eigenvalue weighted by Crippen LogP contribution is 2.35. The Labute approximate surface area is 213 Å². The molecule has 6 nitrogen and oxygen atoms in total. The van der Waals surface area contributed by atoms with Gasteiger partial charge in [0.1, 0.15) is 0 Å². The summed E-state index contributed by atoms with van der Waals surface area (Å²) in [5.74, 6) is 1.06. The van der Waals surface area contributed by atoms with Gasteiger partial charge in [0, 0.05) is 24.0 Å². The molecule has 4 rings (SSSR count). The number of likely N-dealkylation sites (N-methyl/N-ethyl adjacent to an activating group) is 1. The van der Waals surface area contributed by atoms with Gasteiger partial charge in [0.15, 0.2) is 11.5 Å². The molecular formula is C28H33ClN2O4. The monoisotopic (exact) mass is 496 g/mol. The van der Waals surface area contributed by atoms with E-state index in [2.05, 4.69) is 31.7 Å². The Bertz CT molecular complexity index is 1240. The molecule has 186 valence electrons. The molecule has 0 atom stereocenters. The molecule has 1 aromatic heterocycles. The molecule has 1 aliphatic heterocycles. The third-order valence-electron chi connectivity index (χ3n) is 6.22. The van der Waals surface area contributed by atoms with E-state index in [1.54, 1.807) is 7.11 Å². The fourth-order valence-corrected chi connectivity index (χ4v) is 4.35. The lowest BCUT2D eigenvalue weighted by atomic mass is 9.92. The summed E-state index contributed by atoms with van der Waals surface area (Å²) < 4.78 is 11.5. The Morgan fingerprint density at radius 1 is 1.17 bits per heavy atom. The maximum absolute atomic E-state index is 12.3. The van der Waals surface area contributed by atoms with E-state index in [9.17, 15) is 9.90 Å². The van der Waals surface area contributed by atoms with Gasteiger partial charge in [-0.05, 0) is 54.3 Å². The van der Waals surface area contributed by atoms with E-state index in [0.29, 0.717) is 47.8 Å². The second-order valence-corrected chi connectivity index (χ2v) is 9.05. The van der Waals surface area contributed by atoms with Crippen LogP contribution in [0.1, 0.15) is 54.4 Å². The molecule has 0 amide bonds. The molecule has 2 aromatic carbocycles. The van der Waals surface area contributed by atoms with E-state index < -0.39 is 5.97 Å². The Morgan fingerprint density at radius 2 is 1.94 bits per heavy atom. The molecule has 1 N–H and O–H groups in total. The molecule has 0 fully saturated rings. The molecule has 0 spiro atoms. The lowest BCUT2D eigenvalue weighted by Crippen LogP contribution is -2.31. The van der Waals surface area contributed by atoms with E-state index in [1.807, 2.05) is 42.5 Å². The molecule has 0 saturated carbocycles. The Kier molecular flexibility index (Phi) is 8.76. The molecule has 0 aliphatic carbocycles. The number of aromatic carboxylic acids is 1. The number of pyridine rings is 1. The SMILES string of the molecule is CCN1C/C(=C/c2ccc(OCCC(C)C)c(OC)c2)c2nc3ccccc3c(C(=O)O)c2C1.Cl. The standard InChI is InChI=1S/C28H32N2O4.ClH/c1-5-30-16-20(14-19-10-11-24(25(15-19)33-4)34-13-12-18(2)3)27-22(17-30)26(28(31)32)21-8-6-7-9-23(21)29-27;/h6-11,14-15,18H,5,12-13,16-17H2,1-4H3,(H,31,32);1H/b20-14-;. The van der Waals surface area contributed by atoms with Crippen molar-refractivity contribution in [3.05, 3.63) is 64.8 Å². The van der Waals surface area contributed by atoms with Crippen LogP contribution in [0.3, 0.4) is 0 Å². The van der Waals surface area contributed by atoms with Crippen LogP contribution in [0.2, 0.25) is 0 Å². The number of ether oxygens (including phenoxy) is 2. The van der Waals surface area contributed by atoms with Gasteiger partial charge in [-0.3, -0.25) is 4.90 Å². The maximum Gasteiger partial charge on any atom is 0.336 e. The molecule has 0 bridgehead atoms. The number of rotatable bonds is 8. The van der Waals surface area contributed by atoms with Crippen LogP contribution >= 0.6 is 12.4 Å². The zero-order valence-corrected chi connectivity index (χ0v) is 21.5. The van der Waals surface area contributed by atoms with Crippen molar-refractivity contribution >= 4 is 40.9 Å². The lowest BCUT2D eigenvalue weighted by molar-refractivity contribution is 0.0696. The first-order valence-corrected chi connectivity index (χ1v) is 11.8. The number of hydrogen-bond acceptors (Lipinski definition) is 5. The fraction of sp³-hybridized carbons (Fsp3) is 0.357. The molecular weight excluding hydrogens is 464 g/mol. The number of benzene rings is 2. The molecule has 2 heterocycles. The molecule has 0 saturated heterocycles. The van der Waals surface area contributed by atoms with Gasteiger partial charge in [0.05, 0.1) is 30.5 Å². The molecule has 0 radical (unpaired) electrons. The van der Waals surface area contributed by atoms with Crippen LogP contribution in [-0.2, 0) is 6.54 Å². The minimum Gasteiger partial charge on any atom is -0.493 e. The largest absolute Gasteiger partial charge is 0.493 e. The molecule has 35 heavy (non-hydrogen) atoms. The van der Waals surface area contributed by atoms with Crippen molar-refractivity contribution in [2.75, 3.05) is 26.8 Å². The highest BCUT2D eigenvalue weighted by atomic mass is 35.5. The van der Waals surface area contributed by atoms with Gasteiger partial charge < -0.3 is 14.6 Å². The number of halogens is 1. The average Bonchev–Trinajstić information content (AvgIpc) is 2.82. The van der Waals surface area contributed by atoms with Crippen molar-refractivity contribution in [3.63, 3.8) is 0 Å². The van der Waals surface area contributed by atoms with Crippen molar-refractivity contribution < 1.29 is 19.4 Å². The smallest absolute Gasteiger partial charge is 0.336 e.